The Bertz CT molecular complexity index is 1060. The smallest absolute Gasteiger partial charge is 0.281 e. The van der Waals surface area contributed by atoms with Crippen LogP contribution in [-0.4, -0.2) is 17.5 Å². The second kappa shape index (κ2) is 8.90. The fourth-order valence-electron chi connectivity index (χ4n) is 2.35. The van der Waals surface area contributed by atoms with Crippen LogP contribution >= 0.6 is 27.3 Å². The third-order valence-electron chi connectivity index (χ3n) is 3.75. The summed E-state index contributed by atoms with van der Waals surface area (Å²) < 4.78 is 14.1. The van der Waals surface area contributed by atoms with Crippen molar-refractivity contribution in [2.24, 2.45) is 5.10 Å². The van der Waals surface area contributed by atoms with Gasteiger partial charge in [0.15, 0.2) is 0 Å². The summed E-state index contributed by atoms with van der Waals surface area (Å²) in [5.74, 6) is -1.19. The van der Waals surface area contributed by atoms with E-state index in [9.17, 15) is 14.0 Å². The highest BCUT2D eigenvalue weighted by atomic mass is 79.9. The number of hydrazone groups is 1. The number of nitrogens with zero attached hydrogens (tertiary/aromatic N) is 1. The van der Waals surface area contributed by atoms with E-state index < -0.39 is 11.7 Å². The Kier molecular flexibility index (Phi) is 6.33. The van der Waals surface area contributed by atoms with Crippen molar-refractivity contribution >= 4 is 50.5 Å². The average molecular weight is 460 g/mol. The molecule has 0 saturated heterocycles. The molecule has 0 spiro atoms. The Morgan fingerprint density at radius 1 is 1.00 bits per heavy atom. The minimum Gasteiger partial charge on any atom is -0.322 e. The molecule has 2 amide bonds. The molecule has 0 fully saturated rings. The summed E-state index contributed by atoms with van der Waals surface area (Å²) in [5.41, 5.74) is 4.58. The van der Waals surface area contributed by atoms with Crippen molar-refractivity contribution in [3.63, 3.8) is 0 Å². The average Bonchev–Trinajstić information content (AvgIpc) is 3.12. The van der Waals surface area contributed by atoms with E-state index in [-0.39, 0.29) is 11.5 Å². The van der Waals surface area contributed by atoms with E-state index in [1.165, 1.54) is 35.6 Å². The molecule has 2 N–H and O–H groups in total. The molecule has 0 radical (unpaired) electrons. The number of amides is 2. The fraction of sp³-hybridized carbons (Fsp3) is 0.0500. The second-order valence-corrected chi connectivity index (χ2v) is 8.25. The number of hydrogen-bond acceptors (Lipinski definition) is 4. The van der Waals surface area contributed by atoms with Crippen molar-refractivity contribution in [2.75, 3.05) is 5.32 Å². The van der Waals surface area contributed by atoms with Gasteiger partial charge in [0.05, 0.1) is 14.4 Å². The highest BCUT2D eigenvalue weighted by Crippen LogP contribution is 2.21. The van der Waals surface area contributed by atoms with E-state index in [2.05, 4.69) is 31.8 Å². The summed E-state index contributed by atoms with van der Waals surface area (Å²) in [5, 5.41) is 6.84. The van der Waals surface area contributed by atoms with Crippen LogP contribution in [0.3, 0.4) is 0 Å². The van der Waals surface area contributed by atoms with Crippen molar-refractivity contribution < 1.29 is 14.0 Å². The Hall–Kier alpha value is -2.84. The number of carbonyl (C=O) groups excluding carboxylic acids is 2. The maximum absolute atomic E-state index is 13.3. The van der Waals surface area contributed by atoms with Gasteiger partial charge in [-0.05, 0) is 70.9 Å². The van der Waals surface area contributed by atoms with Crippen LogP contribution < -0.4 is 10.7 Å². The topological polar surface area (TPSA) is 70.6 Å². The predicted octanol–water partition coefficient (Wildman–Crippen LogP) is 5.06. The maximum Gasteiger partial charge on any atom is 0.281 e. The van der Waals surface area contributed by atoms with Gasteiger partial charge < -0.3 is 5.32 Å². The molecule has 0 atom stereocenters. The lowest BCUT2D eigenvalue weighted by atomic mass is 10.1. The van der Waals surface area contributed by atoms with E-state index in [0.717, 1.165) is 9.35 Å². The van der Waals surface area contributed by atoms with E-state index in [1.807, 2.05) is 6.07 Å². The summed E-state index contributed by atoms with van der Waals surface area (Å²) in [7, 11) is 0. The molecule has 0 unspecified atom stereocenters. The number of thiophene rings is 1. The highest BCUT2D eigenvalue weighted by molar-refractivity contribution is 9.11. The minimum atomic E-state index is -0.474. The molecular formula is C20H15BrFN3O2S. The third kappa shape index (κ3) is 5.11. The van der Waals surface area contributed by atoms with Crippen LogP contribution in [0, 0.1) is 5.82 Å². The molecule has 0 aliphatic heterocycles. The zero-order valence-electron chi connectivity index (χ0n) is 14.7. The zero-order chi connectivity index (χ0) is 20.1. The van der Waals surface area contributed by atoms with Gasteiger partial charge >= 0.3 is 0 Å². The molecular weight excluding hydrogens is 445 g/mol. The Labute approximate surface area is 173 Å². The highest BCUT2D eigenvalue weighted by Gasteiger charge is 2.10. The summed E-state index contributed by atoms with van der Waals surface area (Å²) in [4.78, 5) is 24.9. The molecule has 1 heterocycles. The molecule has 2 aromatic carbocycles. The number of halogens is 2. The molecule has 3 rings (SSSR count). The SMILES string of the molecule is C/C(=N\NC(=O)c1ccc(Br)s1)c1cccc(NC(=O)c2cccc(F)c2)c1. The van der Waals surface area contributed by atoms with Crippen LogP contribution in [0.2, 0.25) is 0 Å². The van der Waals surface area contributed by atoms with Gasteiger partial charge in [-0.1, -0.05) is 18.2 Å². The normalized spacial score (nSPS) is 11.2. The molecule has 142 valence electrons. The molecule has 0 bridgehead atoms. The summed E-state index contributed by atoms with van der Waals surface area (Å²) in [6.45, 7) is 1.75. The number of anilines is 1. The summed E-state index contributed by atoms with van der Waals surface area (Å²) >= 11 is 4.63. The first kappa shape index (κ1) is 19.9. The van der Waals surface area contributed by atoms with E-state index >= 15 is 0 Å². The van der Waals surface area contributed by atoms with Gasteiger partial charge in [0, 0.05) is 11.3 Å². The van der Waals surface area contributed by atoms with Gasteiger partial charge in [0.2, 0.25) is 0 Å². The van der Waals surface area contributed by atoms with Gasteiger partial charge in [0.1, 0.15) is 5.82 Å². The van der Waals surface area contributed by atoms with Crippen molar-refractivity contribution in [3.8, 4) is 0 Å². The lowest BCUT2D eigenvalue weighted by Gasteiger charge is -2.08. The summed E-state index contributed by atoms with van der Waals surface area (Å²) in [6.07, 6.45) is 0. The monoisotopic (exact) mass is 459 g/mol. The van der Waals surface area contributed by atoms with Crippen LogP contribution in [-0.2, 0) is 0 Å². The molecule has 28 heavy (non-hydrogen) atoms. The second-order valence-electron chi connectivity index (χ2n) is 5.79. The van der Waals surface area contributed by atoms with E-state index in [0.29, 0.717) is 16.3 Å². The molecule has 1 aromatic heterocycles. The van der Waals surface area contributed by atoms with Gasteiger partial charge in [0.25, 0.3) is 11.8 Å². The molecule has 0 aliphatic rings. The van der Waals surface area contributed by atoms with Crippen LogP contribution in [0.4, 0.5) is 10.1 Å². The van der Waals surface area contributed by atoms with E-state index in [4.69, 9.17) is 0 Å². The number of rotatable bonds is 5. The predicted molar refractivity (Wildman–Crippen MR) is 112 cm³/mol. The zero-order valence-corrected chi connectivity index (χ0v) is 17.1. The molecule has 0 aliphatic carbocycles. The van der Waals surface area contributed by atoms with Crippen molar-refractivity contribution in [3.05, 3.63) is 86.3 Å². The van der Waals surface area contributed by atoms with Crippen LogP contribution in [0.25, 0.3) is 0 Å². The Balaban J connectivity index is 1.69. The third-order valence-corrected chi connectivity index (χ3v) is 5.37. The molecule has 0 saturated carbocycles. The first-order valence-corrected chi connectivity index (χ1v) is 9.80. The van der Waals surface area contributed by atoms with Crippen molar-refractivity contribution in [1.82, 2.24) is 5.43 Å². The Morgan fingerprint density at radius 2 is 1.75 bits per heavy atom. The molecule has 5 nitrogen and oxygen atoms in total. The number of carbonyl (C=O) groups is 2. The van der Waals surface area contributed by atoms with Gasteiger partial charge in [-0.2, -0.15) is 5.10 Å². The van der Waals surface area contributed by atoms with Crippen molar-refractivity contribution in [2.45, 2.75) is 6.92 Å². The first-order chi connectivity index (χ1) is 13.4. The number of hydrogen-bond donors (Lipinski definition) is 2. The first-order valence-electron chi connectivity index (χ1n) is 8.20. The van der Waals surface area contributed by atoms with Crippen LogP contribution in [0.5, 0.6) is 0 Å². The van der Waals surface area contributed by atoms with Gasteiger partial charge in [-0.15, -0.1) is 11.3 Å². The number of nitrogens with one attached hydrogen (secondary N) is 2. The standard InChI is InChI=1S/C20H15BrFN3O2S/c1-12(24-25-20(27)17-8-9-18(21)28-17)13-4-3-7-16(11-13)23-19(26)14-5-2-6-15(22)10-14/h2-11H,1H3,(H,23,26)(H,25,27)/b24-12+. The molecule has 8 heteroatoms. The van der Waals surface area contributed by atoms with Gasteiger partial charge in [-0.3, -0.25) is 9.59 Å². The van der Waals surface area contributed by atoms with Crippen LogP contribution in [0.1, 0.15) is 32.5 Å². The fourth-order valence-corrected chi connectivity index (χ4v) is 3.62. The maximum atomic E-state index is 13.3. The van der Waals surface area contributed by atoms with Crippen molar-refractivity contribution in [1.29, 1.82) is 0 Å². The molecule has 3 aromatic rings. The lowest BCUT2D eigenvalue weighted by Crippen LogP contribution is -2.18. The quantitative estimate of drug-likeness (QED) is 0.413. The largest absolute Gasteiger partial charge is 0.322 e. The lowest BCUT2D eigenvalue weighted by molar-refractivity contribution is 0.0958. The summed E-state index contributed by atoms with van der Waals surface area (Å²) in [6, 6.07) is 16.0. The minimum absolute atomic E-state index is 0.227. The number of benzene rings is 2. The van der Waals surface area contributed by atoms with E-state index in [1.54, 1.807) is 37.3 Å². The Morgan fingerprint density at radius 3 is 2.46 bits per heavy atom. The van der Waals surface area contributed by atoms with Gasteiger partial charge in [-0.25, -0.2) is 9.82 Å². The van der Waals surface area contributed by atoms with Crippen LogP contribution in [0.15, 0.2) is 69.6 Å².